The zero-order valence-corrected chi connectivity index (χ0v) is 4.74. The van der Waals surface area contributed by atoms with Gasteiger partial charge in [-0.1, -0.05) is 6.07 Å². The summed E-state index contributed by atoms with van der Waals surface area (Å²) >= 11 is 0. The van der Waals surface area contributed by atoms with E-state index in [1.54, 1.807) is 12.1 Å². The predicted molar refractivity (Wildman–Crippen MR) is 35.0 cm³/mol. The minimum Gasteiger partial charge on any atom is -0.298 e. The van der Waals surface area contributed by atoms with Crippen molar-refractivity contribution in [3.63, 3.8) is 0 Å². The third kappa shape index (κ3) is 1.39. The third-order valence-corrected chi connectivity index (χ3v) is 0.945. The Kier molecular flexibility index (Phi) is 1.63. The molecule has 0 unspecified atom stereocenters. The largest absolute Gasteiger partial charge is 0.298 e. The Bertz CT molecular complexity index is 207. The van der Waals surface area contributed by atoms with Crippen LogP contribution < -0.4 is 5.59 Å². The lowest BCUT2D eigenvalue weighted by Crippen LogP contribution is -2.06. The number of rotatable bonds is 1. The quantitative estimate of drug-likeness (QED) is 0.373. The number of nitrogens with zero attached hydrogens (tertiary/aromatic N) is 1. The number of pyridine rings is 1. The van der Waals surface area contributed by atoms with Gasteiger partial charge in [0, 0.05) is 11.8 Å². The van der Waals surface area contributed by atoms with Gasteiger partial charge in [-0.05, 0) is 11.7 Å². The molecule has 0 saturated heterocycles. The van der Waals surface area contributed by atoms with Gasteiger partial charge in [-0.3, -0.25) is 9.78 Å². The first kappa shape index (κ1) is 6.01. The fourth-order valence-electron chi connectivity index (χ4n) is 0.486. The normalized spacial score (nSPS) is 8.89. The molecule has 0 spiro atoms. The van der Waals surface area contributed by atoms with Gasteiger partial charge in [-0.25, -0.2) is 0 Å². The molecule has 3 heteroatoms. The highest BCUT2D eigenvalue weighted by Gasteiger charge is 1.86. The van der Waals surface area contributed by atoms with E-state index in [-0.39, 0.29) is 0 Å². The van der Waals surface area contributed by atoms with Crippen LogP contribution in [0, 0.1) is 0 Å². The molecule has 9 heavy (non-hydrogen) atoms. The first-order chi connectivity index (χ1) is 4.33. The Morgan fingerprint density at radius 3 is 2.78 bits per heavy atom. The molecule has 0 aromatic carbocycles. The van der Waals surface area contributed by atoms with Crippen molar-refractivity contribution in [2.75, 3.05) is 0 Å². The van der Waals surface area contributed by atoms with E-state index in [0.29, 0.717) is 11.2 Å². The van der Waals surface area contributed by atoms with E-state index >= 15 is 0 Å². The maximum atomic E-state index is 10.0. The molecular formula is C6H4BNO. The summed E-state index contributed by atoms with van der Waals surface area (Å²) in [4.78, 5) is 13.7. The first-order valence-corrected chi connectivity index (χ1v) is 2.49. The molecule has 1 heterocycles. The Morgan fingerprint density at radius 2 is 2.33 bits per heavy atom. The minimum absolute atomic E-state index is 0.431. The summed E-state index contributed by atoms with van der Waals surface area (Å²) in [5.41, 5.74) is 0.977. The molecule has 1 aromatic rings. The van der Waals surface area contributed by atoms with Gasteiger partial charge in [0.1, 0.15) is 7.85 Å². The van der Waals surface area contributed by atoms with E-state index in [1.807, 2.05) is 0 Å². The fourth-order valence-corrected chi connectivity index (χ4v) is 0.486. The summed E-state index contributed by atoms with van der Waals surface area (Å²) in [6.45, 7) is 0. The standard InChI is InChI=1S/C6H4BNO/c7-6-2-1-5(4-9)3-8-6/h1-4H. The second-order valence-electron chi connectivity index (χ2n) is 1.63. The van der Waals surface area contributed by atoms with E-state index in [9.17, 15) is 4.79 Å². The average Bonchev–Trinajstić information content (AvgIpc) is 1.90. The molecule has 0 N–H and O–H groups in total. The SMILES string of the molecule is [B]c1ccc(C=O)cn1. The van der Waals surface area contributed by atoms with Crippen LogP contribution in [0.25, 0.3) is 0 Å². The van der Waals surface area contributed by atoms with Gasteiger partial charge in [-0.15, -0.1) is 0 Å². The highest BCUT2D eigenvalue weighted by atomic mass is 16.1. The van der Waals surface area contributed by atoms with Gasteiger partial charge in [0.15, 0.2) is 6.29 Å². The van der Waals surface area contributed by atoms with E-state index in [4.69, 9.17) is 7.85 Å². The molecule has 0 saturated carbocycles. The topological polar surface area (TPSA) is 30.0 Å². The number of aldehydes is 1. The lowest BCUT2D eigenvalue weighted by molar-refractivity contribution is 0.112. The van der Waals surface area contributed by atoms with E-state index in [2.05, 4.69) is 4.98 Å². The van der Waals surface area contributed by atoms with E-state index in [0.717, 1.165) is 6.29 Å². The van der Waals surface area contributed by atoms with Crippen LogP contribution in [0.3, 0.4) is 0 Å². The number of carbonyl (C=O) groups is 1. The molecule has 2 radical (unpaired) electrons. The van der Waals surface area contributed by atoms with Gasteiger partial charge >= 0.3 is 0 Å². The van der Waals surface area contributed by atoms with Crippen molar-refractivity contribution in [2.24, 2.45) is 0 Å². The number of hydrogen-bond acceptors (Lipinski definition) is 2. The number of hydrogen-bond donors (Lipinski definition) is 0. The number of aromatic nitrogens is 1. The van der Waals surface area contributed by atoms with Crippen LogP contribution in [0.1, 0.15) is 10.4 Å². The van der Waals surface area contributed by atoms with Crippen LogP contribution in [0.5, 0.6) is 0 Å². The van der Waals surface area contributed by atoms with Crippen molar-refractivity contribution >= 4 is 19.7 Å². The zero-order chi connectivity index (χ0) is 6.69. The second kappa shape index (κ2) is 2.44. The maximum Gasteiger partial charge on any atom is 0.151 e. The van der Waals surface area contributed by atoms with Crippen molar-refractivity contribution < 1.29 is 4.79 Å². The molecule has 0 aliphatic heterocycles. The van der Waals surface area contributed by atoms with Crippen LogP contribution in [0.4, 0.5) is 0 Å². The Hall–Kier alpha value is -1.12. The predicted octanol–water partition coefficient (Wildman–Crippen LogP) is -0.312. The summed E-state index contributed by atoms with van der Waals surface area (Å²) in [5.74, 6) is 0. The zero-order valence-electron chi connectivity index (χ0n) is 4.74. The van der Waals surface area contributed by atoms with Crippen molar-refractivity contribution in [3.05, 3.63) is 23.9 Å². The molecule has 0 amide bonds. The average molecular weight is 117 g/mol. The molecule has 0 fully saturated rings. The van der Waals surface area contributed by atoms with Crippen LogP contribution in [0.2, 0.25) is 0 Å². The highest BCUT2D eigenvalue weighted by molar-refractivity contribution is 6.30. The minimum atomic E-state index is 0.431. The van der Waals surface area contributed by atoms with Gasteiger partial charge in [0.05, 0.1) is 0 Å². The van der Waals surface area contributed by atoms with Crippen molar-refractivity contribution in [1.29, 1.82) is 0 Å². The lowest BCUT2D eigenvalue weighted by atomic mass is 10.0. The van der Waals surface area contributed by atoms with E-state index in [1.165, 1.54) is 6.20 Å². The summed E-state index contributed by atoms with van der Waals surface area (Å²) in [6, 6.07) is 3.21. The van der Waals surface area contributed by atoms with Gasteiger partial charge in [-0.2, -0.15) is 0 Å². The maximum absolute atomic E-state index is 10.0. The molecule has 0 aliphatic carbocycles. The smallest absolute Gasteiger partial charge is 0.151 e. The van der Waals surface area contributed by atoms with Gasteiger partial charge < -0.3 is 0 Å². The molecule has 1 aromatic heterocycles. The monoisotopic (exact) mass is 117 g/mol. The molecular weight excluding hydrogens is 113 g/mol. The molecule has 0 aliphatic rings. The van der Waals surface area contributed by atoms with Crippen molar-refractivity contribution in [1.82, 2.24) is 4.98 Å². The lowest BCUT2D eigenvalue weighted by Gasteiger charge is -1.89. The van der Waals surface area contributed by atoms with Crippen molar-refractivity contribution in [3.8, 4) is 0 Å². The Labute approximate surface area is 54.3 Å². The Morgan fingerprint density at radius 1 is 1.56 bits per heavy atom. The molecule has 0 bridgehead atoms. The van der Waals surface area contributed by atoms with Crippen LogP contribution >= 0.6 is 0 Å². The van der Waals surface area contributed by atoms with Crippen LogP contribution in [-0.2, 0) is 0 Å². The molecule has 1 rings (SSSR count). The van der Waals surface area contributed by atoms with Gasteiger partial charge in [0.2, 0.25) is 0 Å². The molecule has 42 valence electrons. The van der Waals surface area contributed by atoms with E-state index < -0.39 is 0 Å². The number of carbonyl (C=O) groups excluding carboxylic acids is 1. The summed E-state index contributed by atoms with van der Waals surface area (Å²) in [7, 11) is 5.25. The van der Waals surface area contributed by atoms with Gasteiger partial charge in [0.25, 0.3) is 0 Å². The van der Waals surface area contributed by atoms with Crippen LogP contribution in [0.15, 0.2) is 18.3 Å². The highest BCUT2D eigenvalue weighted by Crippen LogP contribution is 1.85. The second-order valence-corrected chi connectivity index (χ2v) is 1.63. The third-order valence-electron chi connectivity index (χ3n) is 0.945. The Balaban J connectivity index is 3.01. The van der Waals surface area contributed by atoms with Crippen molar-refractivity contribution in [2.45, 2.75) is 0 Å². The molecule has 2 nitrogen and oxygen atoms in total. The fraction of sp³-hybridized carbons (Fsp3) is 0. The van der Waals surface area contributed by atoms with Crippen LogP contribution in [-0.4, -0.2) is 19.1 Å². The summed E-state index contributed by atoms with van der Waals surface area (Å²) in [6.07, 6.45) is 2.16. The summed E-state index contributed by atoms with van der Waals surface area (Å²) < 4.78 is 0. The first-order valence-electron chi connectivity index (χ1n) is 2.49. The molecule has 0 atom stereocenters. The summed E-state index contributed by atoms with van der Waals surface area (Å²) in [5, 5.41) is 0.